The molecule has 0 spiro atoms. The van der Waals surface area contributed by atoms with Gasteiger partial charge in [0.1, 0.15) is 11.4 Å². The van der Waals surface area contributed by atoms with Gasteiger partial charge >= 0.3 is 14.2 Å². The molecule has 4 heterocycles. The van der Waals surface area contributed by atoms with Gasteiger partial charge in [-0.2, -0.15) is 0 Å². The van der Waals surface area contributed by atoms with Gasteiger partial charge in [0.2, 0.25) is 0 Å². The minimum absolute atomic E-state index is 0.416. The Morgan fingerprint density at radius 1 is 0.556 bits per heavy atom. The number of benzene rings is 2. The van der Waals surface area contributed by atoms with E-state index in [0.717, 1.165) is 33.2 Å². The zero-order valence-corrected chi connectivity index (χ0v) is 22.1. The Hall–Kier alpha value is -2.65. The molecule has 0 saturated carbocycles. The summed E-state index contributed by atoms with van der Waals surface area (Å²) in [6.45, 7) is 16.3. The highest BCUT2D eigenvalue weighted by Crippen LogP contribution is 2.37. The van der Waals surface area contributed by atoms with Crippen LogP contribution in [-0.2, 0) is 18.6 Å². The first-order chi connectivity index (χ1) is 16.7. The first-order valence-corrected chi connectivity index (χ1v) is 12.5. The van der Waals surface area contributed by atoms with Crippen LogP contribution in [0.4, 0.5) is 0 Å². The van der Waals surface area contributed by atoms with Crippen LogP contribution in [0.25, 0.3) is 33.2 Å². The Morgan fingerprint density at radius 3 is 1.22 bits per heavy atom. The number of hydrogen-bond acceptors (Lipinski definition) is 6. The fourth-order valence-electron chi connectivity index (χ4n) is 4.55. The fraction of sp³-hybridized carbons (Fsp3) is 0.462. The molecule has 0 bridgehead atoms. The lowest BCUT2D eigenvalue weighted by atomic mass is 9.89. The second kappa shape index (κ2) is 7.44. The standard InChI is InChI=1S/C26H32B2N4O4/c1-23(2)24(3,4)34-27(33-23)21-29-17-11-9-15(13-19(17)31-21)16-10-12-18-20(14-16)32-22(30-18)28-35-25(5,6)26(7,8)36-28/h9-14H,1-8H3,(H,29,31)(H,30,32). The van der Waals surface area contributed by atoms with Crippen molar-refractivity contribution in [2.45, 2.75) is 77.8 Å². The minimum Gasteiger partial charge on any atom is -0.397 e. The van der Waals surface area contributed by atoms with Gasteiger partial charge in [-0.25, -0.2) is 9.97 Å². The molecule has 2 aliphatic heterocycles. The summed E-state index contributed by atoms with van der Waals surface area (Å²) in [6.07, 6.45) is 0. The van der Waals surface area contributed by atoms with Crippen LogP contribution in [0.5, 0.6) is 0 Å². The Balaban J connectivity index is 1.29. The molecule has 6 rings (SSSR count). The van der Waals surface area contributed by atoms with E-state index in [9.17, 15) is 0 Å². The molecule has 8 nitrogen and oxygen atoms in total. The molecular weight excluding hydrogens is 454 g/mol. The molecule has 2 saturated heterocycles. The smallest absolute Gasteiger partial charge is 0.397 e. The van der Waals surface area contributed by atoms with Gasteiger partial charge in [-0.1, -0.05) is 12.1 Å². The van der Waals surface area contributed by atoms with E-state index in [0.29, 0.717) is 11.4 Å². The zero-order chi connectivity index (χ0) is 25.7. The molecule has 0 unspecified atom stereocenters. The summed E-state index contributed by atoms with van der Waals surface area (Å²) in [6, 6.07) is 12.4. The molecular formula is C26H32B2N4O4. The summed E-state index contributed by atoms with van der Waals surface area (Å²) in [5.74, 6) is 0. The SMILES string of the molecule is CC1(C)OB(c2nc3ccc(-c4ccc5nc(B6OC(C)(C)C(C)(C)O6)[nH]c5c4)cc3[nH]2)OC1(C)C. The third kappa shape index (κ3) is 3.62. The summed E-state index contributed by atoms with van der Waals surface area (Å²) in [7, 11) is -1.05. The Bertz CT molecular complexity index is 1350. The summed E-state index contributed by atoms with van der Waals surface area (Å²) in [5, 5.41) is 0. The maximum Gasteiger partial charge on any atom is 0.532 e. The second-order valence-corrected chi connectivity index (χ2v) is 11.9. The lowest BCUT2D eigenvalue weighted by Gasteiger charge is -2.32. The van der Waals surface area contributed by atoms with Crippen molar-refractivity contribution in [3.05, 3.63) is 36.4 Å². The number of aromatic nitrogens is 4. The number of hydrogen-bond donors (Lipinski definition) is 2. The predicted molar refractivity (Wildman–Crippen MR) is 143 cm³/mol. The van der Waals surface area contributed by atoms with Crippen LogP contribution < -0.4 is 11.4 Å². The highest BCUT2D eigenvalue weighted by molar-refractivity contribution is 6.61. The molecule has 2 aromatic carbocycles. The normalized spacial score (nSPS) is 22.2. The first-order valence-electron chi connectivity index (χ1n) is 12.5. The lowest BCUT2D eigenvalue weighted by Crippen LogP contribution is -2.41. The van der Waals surface area contributed by atoms with Crippen molar-refractivity contribution in [1.29, 1.82) is 0 Å². The summed E-state index contributed by atoms with van der Waals surface area (Å²) in [5.41, 5.74) is 5.43. The highest BCUT2D eigenvalue weighted by atomic mass is 16.7. The first kappa shape index (κ1) is 23.7. The van der Waals surface area contributed by atoms with Crippen LogP contribution in [0.2, 0.25) is 0 Å². The molecule has 2 aromatic heterocycles. The zero-order valence-electron chi connectivity index (χ0n) is 22.1. The number of rotatable bonds is 3. The highest BCUT2D eigenvalue weighted by Gasteiger charge is 2.54. The molecule has 2 aliphatic rings. The van der Waals surface area contributed by atoms with Crippen LogP contribution in [0.1, 0.15) is 55.4 Å². The van der Waals surface area contributed by atoms with E-state index < -0.39 is 36.6 Å². The van der Waals surface area contributed by atoms with Crippen LogP contribution >= 0.6 is 0 Å². The second-order valence-electron chi connectivity index (χ2n) is 11.9. The van der Waals surface area contributed by atoms with E-state index in [-0.39, 0.29) is 0 Å². The van der Waals surface area contributed by atoms with Crippen molar-refractivity contribution >= 4 is 47.8 Å². The van der Waals surface area contributed by atoms with Crippen LogP contribution in [-0.4, -0.2) is 56.6 Å². The quantitative estimate of drug-likeness (QED) is 0.429. The fourth-order valence-corrected chi connectivity index (χ4v) is 4.55. The minimum atomic E-state index is -0.527. The van der Waals surface area contributed by atoms with E-state index in [4.69, 9.17) is 28.6 Å². The predicted octanol–water partition coefficient (Wildman–Crippen LogP) is 3.70. The van der Waals surface area contributed by atoms with Gasteiger partial charge < -0.3 is 28.6 Å². The average molecular weight is 486 g/mol. The van der Waals surface area contributed by atoms with Crippen molar-refractivity contribution in [2.75, 3.05) is 0 Å². The van der Waals surface area contributed by atoms with Gasteiger partial charge in [-0.15, -0.1) is 0 Å². The van der Waals surface area contributed by atoms with Crippen LogP contribution in [0, 0.1) is 0 Å². The monoisotopic (exact) mass is 486 g/mol. The number of nitrogens with zero attached hydrogens (tertiary/aromatic N) is 2. The number of aromatic amines is 2. The van der Waals surface area contributed by atoms with E-state index >= 15 is 0 Å². The molecule has 2 fully saturated rings. The maximum absolute atomic E-state index is 6.17. The molecule has 0 radical (unpaired) electrons. The summed E-state index contributed by atoms with van der Waals surface area (Å²) < 4.78 is 24.7. The third-order valence-electron chi connectivity index (χ3n) is 8.29. The maximum atomic E-state index is 6.17. The molecule has 4 aromatic rings. The van der Waals surface area contributed by atoms with Crippen molar-refractivity contribution in [2.24, 2.45) is 0 Å². The van der Waals surface area contributed by atoms with Crippen molar-refractivity contribution in [1.82, 2.24) is 19.9 Å². The number of nitrogens with one attached hydrogen (secondary N) is 2. The van der Waals surface area contributed by atoms with Gasteiger partial charge in [0.05, 0.1) is 44.5 Å². The Labute approximate surface area is 211 Å². The van der Waals surface area contributed by atoms with E-state index in [1.807, 2.05) is 67.5 Å². The van der Waals surface area contributed by atoms with Gasteiger partial charge in [0.25, 0.3) is 0 Å². The third-order valence-corrected chi connectivity index (χ3v) is 8.29. The van der Waals surface area contributed by atoms with Crippen LogP contribution in [0.3, 0.4) is 0 Å². The van der Waals surface area contributed by atoms with Gasteiger partial charge in [-0.3, -0.25) is 0 Å². The molecule has 0 amide bonds. The van der Waals surface area contributed by atoms with E-state index in [1.165, 1.54) is 0 Å². The lowest BCUT2D eigenvalue weighted by molar-refractivity contribution is 0.00578. The summed E-state index contributed by atoms with van der Waals surface area (Å²) in [4.78, 5) is 16.3. The van der Waals surface area contributed by atoms with E-state index in [2.05, 4.69) is 34.2 Å². The molecule has 10 heteroatoms. The Morgan fingerprint density at radius 2 is 0.889 bits per heavy atom. The molecule has 0 atom stereocenters. The van der Waals surface area contributed by atoms with E-state index in [1.54, 1.807) is 0 Å². The average Bonchev–Trinajstić information content (AvgIpc) is 3.49. The Kier molecular flexibility index (Phi) is 4.91. The summed E-state index contributed by atoms with van der Waals surface area (Å²) >= 11 is 0. The van der Waals surface area contributed by atoms with Crippen molar-refractivity contribution < 1.29 is 18.6 Å². The molecule has 0 aliphatic carbocycles. The molecule has 186 valence electrons. The number of fused-ring (bicyclic) bond motifs is 2. The number of H-pyrrole nitrogens is 2. The van der Waals surface area contributed by atoms with Crippen molar-refractivity contribution in [3.8, 4) is 11.1 Å². The molecule has 2 N–H and O–H groups in total. The van der Waals surface area contributed by atoms with Crippen LogP contribution in [0.15, 0.2) is 36.4 Å². The molecule has 36 heavy (non-hydrogen) atoms. The van der Waals surface area contributed by atoms with Crippen molar-refractivity contribution in [3.63, 3.8) is 0 Å². The number of imidazole rings is 2. The largest absolute Gasteiger partial charge is 0.532 e. The van der Waals surface area contributed by atoms with Gasteiger partial charge in [-0.05, 0) is 90.8 Å². The van der Waals surface area contributed by atoms with Gasteiger partial charge in [0.15, 0.2) is 0 Å². The van der Waals surface area contributed by atoms with Gasteiger partial charge in [0, 0.05) is 0 Å². The topological polar surface area (TPSA) is 94.3 Å².